The SMILES string of the molecule is CC(C)(C)C.O=CNc1cc(Cl)ccc1C1CN[C@@H](C(=O)NC2CCCCC2)C1c1cccc(Cl)c1F. The Morgan fingerprint density at radius 2 is 1.73 bits per heavy atom. The summed E-state index contributed by atoms with van der Waals surface area (Å²) in [5, 5.41) is 9.65. The number of anilines is 1. The molecule has 3 N–H and O–H groups in total. The molecule has 202 valence electrons. The first kappa shape index (κ1) is 29.4. The number of carbonyl (C=O) groups is 2. The van der Waals surface area contributed by atoms with Gasteiger partial charge in [-0.3, -0.25) is 9.59 Å². The molecule has 1 aliphatic heterocycles. The molecule has 0 aromatic heterocycles. The van der Waals surface area contributed by atoms with Crippen molar-refractivity contribution in [2.45, 2.75) is 83.7 Å². The standard InChI is InChI=1S/C24H26Cl2FN3O2.C5H12/c25-14-9-10-16(20(11-14)29-13-31)18-12-28-23(24(32)30-15-5-2-1-3-6-15)21(18)17-7-4-8-19(26)22(17)27;1-5(2,3)4/h4,7-11,13,15,18,21,23,28H,1-3,5-6,12H2,(H,29,31)(H,30,32);1-4H3/t18?,21?,23-;/m1./s1. The van der Waals surface area contributed by atoms with Crippen LogP contribution >= 0.6 is 23.2 Å². The van der Waals surface area contributed by atoms with Gasteiger partial charge in [-0.05, 0) is 47.6 Å². The van der Waals surface area contributed by atoms with E-state index in [-0.39, 0.29) is 22.9 Å². The van der Waals surface area contributed by atoms with Gasteiger partial charge in [0.25, 0.3) is 0 Å². The lowest BCUT2D eigenvalue weighted by molar-refractivity contribution is -0.124. The van der Waals surface area contributed by atoms with Crippen molar-refractivity contribution in [2.75, 3.05) is 11.9 Å². The van der Waals surface area contributed by atoms with Crippen molar-refractivity contribution in [3.63, 3.8) is 0 Å². The highest BCUT2D eigenvalue weighted by Crippen LogP contribution is 2.44. The van der Waals surface area contributed by atoms with E-state index in [1.54, 1.807) is 24.3 Å². The fourth-order valence-electron chi connectivity index (χ4n) is 5.05. The van der Waals surface area contributed by atoms with Gasteiger partial charge in [-0.1, -0.05) is 88.4 Å². The molecular weight excluding hydrogens is 512 g/mol. The molecule has 0 spiro atoms. The van der Waals surface area contributed by atoms with E-state index >= 15 is 4.39 Å². The van der Waals surface area contributed by atoms with Crippen LogP contribution < -0.4 is 16.0 Å². The quantitative estimate of drug-likeness (QED) is 0.338. The van der Waals surface area contributed by atoms with E-state index in [4.69, 9.17) is 23.2 Å². The first-order valence-corrected chi connectivity index (χ1v) is 13.7. The zero-order valence-electron chi connectivity index (χ0n) is 22.0. The van der Waals surface area contributed by atoms with Crippen molar-refractivity contribution >= 4 is 41.2 Å². The van der Waals surface area contributed by atoms with Crippen molar-refractivity contribution in [1.82, 2.24) is 10.6 Å². The summed E-state index contributed by atoms with van der Waals surface area (Å²) in [5.74, 6) is -1.44. The van der Waals surface area contributed by atoms with Gasteiger partial charge in [0.2, 0.25) is 12.3 Å². The Morgan fingerprint density at radius 3 is 2.38 bits per heavy atom. The molecule has 2 unspecified atom stereocenters. The third-order valence-corrected chi connectivity index (χ3v) is 7.08. The highest BCUT2D eigenvalue weighted by Gasteiger charge is 2.44. The summed E-state index contributed by atoms with van der Waals surface area (Å²) >= 11 is 12.2. The molecule has 0 radical (unpaired) electrons. The summed E-state index contributed by atoms with van der Waals surface area (Å²) in [4.78, 5) is 24.5. The fraction of sp³-hybridized carbons (Fsp3) is 0.517. The first-order valence-electron chi connectivity index (χ1n) is 13.0. The van der Waals surface area contributed by atoms with Crippen LogP contribution in [0, 0.1) is 11.2 Å². The van der Waals surface area contributed by atoms with Crippen LogP contribution in [0.1, 0.15) is 82.8 Å². The predicted octanol–water partition coefficient (Wildman–Crippen LogP) is 7.04. The average Bonchev–Trinajstić information content (AvgIpc) is 3.26. The Kier molecular flexibility index (Phi) is 10.4. The maximum absolute atomic E-state index is 15.2. The second-order valence-electron chi connectivity index (χ2n) is 11.5. The van der Waals surface area contributed by atoms with Crippen LogP contribution in [0.5, 0.6) is 0 Å². The molecule has 1 saturated heterocycles. The van der Waals surface area contributed by atoms with Crippen molar-refractivity contribution in [3.8, 4) is 0 Å². The minimum atomic E-state index is -0.630. The first-order chi connectivity index (χ1) is 17.5. The van der Waals surface area contributed by atoms with Crippen molar-refractivity contribution < 1.29 is 14.0 Å². The summed E-state index contributed by atoms with van der Waals surface area (Å²) in [6.45, 7) is 9.19. The van der Waals surface area contributed by atoms with Crippen LogP contribution in [-0.2, 0) is 9.59 Å². The van der Waals surface area contributed by atoms with Crippen molar-refractivity contribution in [1.29, 1.82) is 0 Å². The molecule has 4 rings (SSSR count). The second kappa shape index (κ2) is 13.1. The summed E-state index contributed by atoms with van der Waals surface area (Å²) < 4.78 is 15.2. The number of benzene rings is 2. The Hall–Kier alpha value is -2.15. The lowest BCUT2D eigenvalue weighted by Crippen LogP contribution is -2.47. The van der Waals surface area contributed by atoms with E-state index in [0.29, 0.717) is 34.6 Å². The highest BCUT2D eigenvalue weighted by atomic mass is 35.5. The topological polar surface area (TPSA) is 70.2 Å². The molecule has 2 fully saturated rings. The number of halogens is 3. The fourth-order valence-corrected chi connectivity index (χ4v) is 5.41. The minimum absolute atomic E-state index is 0.0157. The molecular formula is C29H38Cl2FN3O2. The van der Waals surface area contributed by atoms with Crippen LogP contribution in [0.25, 0.3) is 0 Å². The van der Waals surface area contributed by atoms with Crippen LogP contribution in [-0.4, -0.2) is 30.9 Å². The molecule has 3 atom stereocenters. The van der Waals surface area contributed by atoms with E-state index < -0.39 is 17.8 Å². The van der Waals surface area contributed by atoms with Gasteiger partial charge in [0, 0.05) is 35.1 Å². The molecule has 0 bridgehead atoms. The largest absolute Gasteiger partial charge is 0.352 e. The minimum Gasteiger partial charge on any atom is -0.352 e. The van der Waals surface area contributed by atoms with E-state index in [1.165, 1.54) is 12.5 Å². The Bertz CT molecular complexity index is 1080. The Morgan fingerprint density at radius 1 is 1.05 bits per heavy atom. The highest BCUT2D eigenvalue weighted by molar-refractivity contribution is 6.31. The number of carbonyl (C=O) groups excluding carboxylic acids is 2. The summed E-state index contributed by atoms with van der Waals surface area (Å²) in [5.41, 5.74) is 2.20. The molecule has 2 aromatic rings. The smallest absolute Gasteiger partial charge is 0.238 e. The van der Waals surface area contributed by atoms with E-state index in [1.807, 2.05) is 6.07 Å². The number of rotatable bonds is 6. The van der Waals surface area contributed by atoms with Gasteiger partial charge in [0.05, 0.1) is 11.1 Å². The monoisotopic (exact) mass is 549 g/mol. The van der Waals surface area contributed by atoms with Gasteiger partial charge in [-0.2, -0.15) is 0 Å². The molecule has 2 amide bonds. The number of amides is 2. The van der Waals surface area contributed by atoms with Gasteiger partial charge in [0.1, 0.15) is 5.82 Å². The lowest BCUT2D eigenvalue weighted by Gasteiger charge is -2.29. The lowest BCUT2D eigenvalue weighted by atomic mass is 9.79. The van der Waals surface area contributed by atoms with Gasteiger partial charge in [0.15, 0.2) is 0 Å². The molecule has 37 heavy (non-hydrogen) atoms. The molecule has 8 heteroatoms. The zero-order chi connectivity index (χ0) is 27.2. The predicted molar refractivity (Wildman–Crippen MR) is 150 cm³/mol. The molecule has 1 saturated carbocycles. The van der Waals surface area contributed by atoms with Gasteiger partial charge >= 0.3 is 0 Å². The Labute approximate surface area is 229 Å². The maximum atomic E-state index is 15.2. The third-order valence-electron chi connectivity index (χ3n) is 6.55. The molecule has 2 aliphatic rings. The molecule has 1 heterocycles. The maximum Gasteiger partial charge on any atom is 0.238 e. The molecule has 1 aliphatic carbocycles. The summed E-state index contributed by atoms with van der Waals surface area (Å²) in [6, 6.07) is 9.58. The number of hydrogen-bond donors (Lipinski definition) is 3. The summed E-state index contributed by atoms with van der Waals surface area (Å²) in [6.07, 6.45) is 5.90. The molecule has 2 aromatic carbocycles. The molecule has 5 nitrogen and oxygen atoms in total. The van der Waals surface area contributed by atoms with Gasteiger partial charge in [-0.25, -0.2) is 4.39 Å². The van der Waals surface area contributed by atoms with E-state index in [2.05, 4.69) is 43.6 Å². The van der Waals surface area contributed by atoms with Crippen LogP contribution in [0.15, 0.2) is 36.4 Å². The summed E-state index contributed by atoms with van der Waals surface area (Å²) in [7, 11) is 0. The number of nitrogens with one attached hydrogen (secondary N) is 3. The normalized spacial score (nSPS) is 22.1. The van der Waals surface area contributed by atoms with Crippen LogP contribution in [0.4, 0.5) is 10.1 Å². The van der Waals surface area contributed by atoms with Gasteiger partial charge in [-0.15, -0.1) is 0 Å². The number of hydrogen-bond acceptors (Lipinski definition) is 3. The van der Waals surface area contributed by atoms with Crippen LogP contribution in [0.2, 0.25) is 10.0 Å². The third kappa shape index (κ3) is 8.17. The Balaban J connectivity index is 0.000000695. The van der Waals surface area contributed by atoms with Crippen molar-refractivity contribution in [3.05, 3.63) is 63.4 Å². The second-order valence-corrected chi connectivity index (χ2v) is 12.3. The average molecular weight is 551 g/mol. The van der Waals surface area contributed by atoms with E-state index in [0.717, 1.165) is 31.2 Å². The van der Waals surface area contributed by atoms with E-state index in [9.17, 15) is 9.59 Å². The van der Waals surface area contributed by atoms with Crippen LogP contribution in [0.3, 0.4) is 0 Å². The van der Waals surface area contributed by atoms with Gasteiger partial charge < -0.3 is 16.0 Å². The zero-order valence-corrected chi connectivity index (χ0v) is 23.6. The van der Waals surface area contributed by atoms with Crippen molar-refractivity contribution in [2.24, 2.45) is 5.41 Å².